The van der Waals surface area contributed by atoms with Gasteiger partial charge in [0, 0.05) is 31.8 Å². The fourth-order valence-corrected chi connectivity index (χ4v) is 1.81. The van der Waals surface area contributed by atoms with E-state index in [1.54, 1.807) is 30.2 Å². The number of methoxy groups -OCH3 is 1. The van der Waals surface area contributed by atoms with Gasteiger partial charge in [0.15, 0.2) is 0 Å². The standard InChI is InChI=1S/C15H18FNO3/c1-3-9-17(10-11-20-2)15-12(7-8-14(18)19)5-4-6-13(15)16/h3-8H,1,9-11H2,2H3,(H,18,19)/b8-7+. The molecule has 4 nitrogen and oxygen atoms in total. The Bertz CT molecular complexity index is 500. The summed E-state index contributed by atoms with van der Waals surface area (Å²) in [5.74, 6) is -1.48. The molecule has 0 aliphatic rings. The van der Waals surface area contributed by atoms with Crippen LogP contribution in [0.1, 0.15) is 5.56 Å². The summed E-state index contributed by atoms with van der Waals surface area (Å²) in [6.45, 7) is 5.01. The van der Waals surface area contributed by atoms with Crippen molar-refractivity contribution in [2.24, 2.45) is 0 Å². The Labute approximate surface area is 117 Å². The molecule has 0 amide bonds. The Kier molecular flexibility index (Phi) is 6.46. The largest absolute Gasteiger partial charge is 0.478 e. The van der Waals surface area contributed by atoms with Gasteiger partial charge in [-0.25, -0.2) is 9.18 Å². The number of benzene rings is 1. The van der Waals surface area contributed by atoms with Gasteiger partial charge in [-0.05, 0) is 12.1 Å². The summed E-state index contributed by atoms with van der Waals surface area (Å²) >= 11 is 0. The zero-order valence-corrected chi connectivity index (χ0v) is 11.4. The summed E-state index contributed by atoms with van der Waals surface area (Å²) < 4.78 is 19.1. The molecular weight excluding hydrogens is 261 g/mol. The molecule has 0 saturated carbocycles. The third-order valence-corrected chi connectivity index (χ3v) is 2.65. The maximum absolute atomic E-state index is 14.1. The van der Waals surface area contributed by atoms with Crippen molar-refractivity contribution in [2.45, 2.75) is 0 Å². The first-order valence-corrected chi connectivity index (χ1v) is 6.14. The number of ether oxygens (including phenoxy) is 1. The normalized spacial score (nSPS) is 10.7. The number of anilines is 1. The molecule has 0 radical (unpaired) electrons. The van der Waals surface area contributed by atoms with Gasteiger partial charge >= 0.3 is 5.97 Å². The zero-order valence-electron chi connectivity index (χ0n) is 11.4. The third kappa shape index (κ3) is 4.51. The van der Waals surface area contributed by atoms with Gasteiger partial charge in [-0.1, -0.05) is 18.2 Å². The van der Waals surface area contributed by atoms with Gasteiger partial charge in [0.2, 0.25) is 0 Å². The van der Waals surface area contributed by atoms with Crippen LogP contribution in [-0.2, 0) is 9.53 Å². The summed E-state index contributed by atoms with van der Waals surface area (Å²) in [6.07, 6.45) is 4.02. The molecule has 20 heavy (non-hydrogen) atoms. The number of hydrogen-bond donors (Lipinski definition) is 1. The van der Waals surface area contributed by atoms with E-state index >= 15 is 0 Å². The monoisotopic (exact) mass is 279 g/mol. The molecule has 0 unspecified atom stereocenters. The first-order chi connectivity index (χ1) is 9.60. The number of carboxylic acids is 1. The van der Waals surface area contributed by atoms with E-state index in [4.69, 9.17) is 9.84 Å². The van der Waals surface area contributed by atoms with Crippen LogP contribution in [0.15, 0.2) is 36.9 Å². The van der Waals surface area contributed by atoms with E-state index in [2.05, 4.69) is 6.58 Å². The van der Waals surface area contributed by atoms with E-state index in [1.165, 1.54) is 12.1 Å². The maximum atomic E-state index is 14.1. The van der Waals surface area contributed by atoms with E-state index in [0.29, 0.717) is 30.9 Å². The van der Waals surface area contributed by atoms with E-state index in [-0.39, 0.29) is 0 Å². The molecule has 0 aliphatic carbocycles. The second-order valence-corrected chi connectivity index (χ2v) is 4.08. The number of carboxylic acid groups (broad SMARTS) is 1. The van der Waals surface area contributed by atoms with Gasteiger partial charge in [0.25, 0.3) is 0 Å². The zero-order chi connectivity index (χ0) is 15.0. The molecule has 0 bridgehead atoms. The number of hydrogen-bond acceptors (Lipinski definition) is 3. The minimum atomic E-state index is -1.08. The molecular formula is C15H18FNO3. The van der Waals surface area contributed by atoms with Crippen LogP contribution in [0, 0.1) is 5.82 Å². The highest BCUT2D eigenvalue weighted by Crippen LogP contribution is 2.25. The lowest BCUT2D eigenvalue weighted by Crippen LogP contribution is -2.28. The number of nitrogens with zero attached hydrogens (tertiary/aromatic N) is 1. The van der Waals surface area contributed by atoms with Crippen LogP contribution in [0.4, 0.5) is 10.1 Å². The molecule has 5 heteroatoms. The number of rotatable bonds is 8. The Morgan fingerprint density at radius 3 is 2.90 bits per heavy atom. The molecule has 108 valence electrons. The average molecular weight is 279 g/mol. The first-order valence-electron chi connectivity index (χ1n) is 6.14. The van der Waals surface area contributed by atoms with E-state index in [0.717, 1.165) is 6.08 Å². The second kappa shape index (κ2) is 8.12. The van der Waals surface area contributed by atoms with Gasteiger partial charge in [-0.3, -0.25) is 0 Å². The van der Waals surface area contributed by atoms with Crippen molar-refractivity contribution in [1.29, 1.82) is 0 Å². The highest BCUT2D eigenvalue weighted by Gasteiger charge is 2.14. The van der Waals surface area contributed by atoms with Crippen LogP contribution >= 0.6 is 0 Å². The van der Waals surface area contributed by atoms with Crippen LogP contribution in [0.2, 0.25) is 0 Å². The van der Waals surface area contributed by atoms with Crippen molar-refractivity contribution < 1.29 is 19.0 Å². The van der Waals surface area contributed by atoms with E-state index in [9.17, 15) is 9.18 Å². The quantitative estimate of drug-likeness (QED) is 0.587. The number of aliphatic carboxylic acids is 1. The van der Waals surface area contributed by atoms with Crippen LogP contribution < -0.4 is 4.90 Å². The number of carbonyl (C=O) groups is 1. The van der Waals surface area contributed by atoms with E-state index < -0.39 is 11.8 Å². The van der Waals surface area contributed by atoms with Gasteiger partial charge in [0.1, 0.15) is 5.82 Å². The minimum absolute atomic E-state index is 0.349. The van der Waals surface area contributed by atoms with Gasteiger partial charge in [-0.15, -0.1) is 6.58 Å². The van der Waals surface area contributed by atoms with Crippen molar-refractivity contribution in [3.05, 3.63) is 48.3 Å². The molecule has 0 saturated heterocycles. The number of para-hydroxylation sites is 1. The smallest absolute Gasteiger partial charge is 0.328 e. The Morgan fingerprint density at radius 1 is 1.55 bits per heavy atom. The molecule has 0 heterocycles. The third-order valence-electron chi connectivity index (χ3n) is 2.65. The predicted molar refractivity (Wildman–Crippen MR) is 77.4 cm³/mol. The van der Waals surface area contributed by atoms with Gasteiger partial charge in [0.05, 0.1) is 12.3 Å². The molecule has 0 spiro atoms. The summed E-state index contributed by atoms with van der Waals surface area (Å²) in [4.78, 5) is 12.4. The lowest BCUT2D eigenvalue weighted by atomic mass is 10.1. The van der Waals surface area contributed by atoms with Gasteiger partial charge in [-0.2, -0.15) is 0 Å². The molecule has 1 rings (SSSR count). The fourth-order valence-electron chi connectivity index (χ4n) is 1.81. The summed E-state index contributed by atoms with van der Waals surface area (Å²) in [5.41, 5.74) is 0.854. The summed E-state index contributed by atoms with van der Waals surface area (Å²) in [5, 5.41) is 8.69. The van der Waals surface area contributed by atoms with Crippen LogP contribution in [0.25, 0.3) is 6.08 Å². The van der Waals surface area contributed by atoms with Crippen molar-refractivity contribution in [2.75, 3.05) is 31.7 Å². The Hall–Kier alpha value is -2.14. The van der Waals surface area contributed by atoms with Crippen molar-refractivity contribution in [3.8, 4) is 0 Å². The van der Waals surface area contributed by atoms with Gasteiger partial charge < -0.3 is 14.7 Å². The summed E-state index contributed by atoms with van der Waals surface area (Å²) in [6, 6.07) is 4.56. The maximum Gasteiger partial charge on any atom is 0.328 e. The first kappa shape index (κ1) is 15.9. The van der Waals surface area contributed by atoms with Crippen LogP contribution in [0.3, 0.4) is 0 Å². The minimum Gasteiger partial charge on any atom is -0.478 e. The fraction of sp³-hybridized carbons (Fsp3) is 0.267. The lowest BCUT2D eigenvalue weighted by Gasteiger charge is -2.25. The molecule has 0 fully saturated rings. The molecule has 1 aromatic rings. The SMILES string of the molecule is C=CCN(CCOC)c1c(F)cccc1/C=C/C(=O)O. The van der Waals surface area contributed by atoms with Crippen LogP contribution in [-0.4, -0.2) is 37.9 Å². The lowest BCUT2D eigenvalue weighted by molar-refractivity contribution is -0.131. The predicted octanol–water partition coefficient (Wildman–Crippen LogP) is 2.56. The topological polar surface area (TPSA) is 49.8 Å². The molecule has 1 aromatic carbocycles. The van der Waals surface area contributed by atoms with Crippen molar-refractivity contribution in [1.82, 2.24) is 0 Å². The highest BCUT2D eigenvalue weighted by atomic mass is 19.1. The molecule has 0 aliphatic heterocycles. The molecule has 1 N–H and O–H groups in total. The van der Waals surface area contributed by atoms with Crippen LogP contribution in [0.5, 0.6) is 0 Å². The van der Waals surface area contributed by atoms with Crippen molar-refractivity contribution in [3.63, 3.8) is 0 Å². The second-order valence-electron chi connectivity index (χ2n) is 4.08. The average Bonchev–Trinajstić information content (AvgIpc) is 2.41. The summed E-state index contributed by atoms with van der Waals surface area (Å²) in [7, 11) is 1.57. The molecule has 0 aromatic heterocycles. The Balaban J connectivity index is 3.16. The number of halogens is 1. The Morgan fingerprint density at radius 2 is 2.30 bits per heavy atom. The highest BCUT2D eigenvalue weighted by molar-refractivity contribution is 5.87. The van der Waals surface area contributed by atoms with Crippen molar-refractivity contribution >= 4 is 17.7 Å². The van der Waals surface area contributed by atoms with E-state index in [1.807, 2.05) is 0 Å². The molecule has 0 atom stereocenters.